The van der Waals surface area contributed by atoms with Gasteiger partial charge in [0.25, 0.3) is 0 Å². The van der Waals surface area contributed by atoms with Crippen molar-refractivity contribution in [2.75, 3.05) is 19.8 Å². The summed E-state index contributed by atoms with van der Waals surface area (Å²) in [4.78, 5) is 9.09. The first-order chi connectivity index (χ1) is 16.0. The van der Waals surface area contributed by atoms with E-state index in [-0.39, 0.29) is 6.61 Å². The van der Waals surface area contributed by atoms with Crippen LogP contribution >= 0.6 is 0 Å². The summed E-state index contributed by atoms with van der Waals surface area (Å²) in [6.07, 6.45) is 2.24. The van der Waals surface area contributed by atoms with Crippen molar-refractivity contribution in [3.8, 4) is 23.1 Å². The number of nitriles is 1. The molecule has 0 aliphatic carbocycles. The van der Waals surface area contributed by atoms with Crippen molar-refractivity contribution < 1.29 is 14.1 Å². The molecule has 0 fully saturated rings. The topological polar surface area (TPSA) is 108 Å². The number of benzene rings is 2. The highest BCUT2D eigenvalue weighted by Crippen LogP contribution is 2.26. The maximum atomic E-state index is 12.0. The first-order valence-corrected chi connectivity index (χ1v) is 12.1. The Hall–Kier alpha value is -3.12. The number of rotatable bonds is 11. The van der Waals surface area contributed by atoms with Crippen LogP contribution in [0, 0.1) is 17.2 Å². The molecule has 7 nitrogen and oxygen atoms in total. The zero-order valence-corrected chi connectivity index (χ0v) is 19.6. The highest BCUT2D eigenvalue weighted by atomic mass is 32.2. The monoisotopic (exact) mass is 464 g/mol. The molecule has 0 radical (unpaired) electrons. The van der Waals surface area contributed by atoms with Crippen molar-refractivity contribution in [3.05, 3.63) is 77.2 Å². The van der Waals surface area contributed by atoms with E-state index in [2.05, 4.69) is 34.6 Å². The van der Waals surface area contributed by atoms with Gasteiger partial charge in [-0.05, 0) is 41.3 Å². The molecular weight excluding hydrogens is 436 g/mol. The number of ether oxygens (including phenoxy) is 1. The average molecular weight is 465 g/mol. The number of hydrogen-bond acceptors (Lipinski definition) is 6. The molecule has 0 spiro atoms. The zero-order chi connectivity index (χ0) is 23.6. The van der Waals surface area contributed by atoms with Gasteiger partial charge >= 0.3 is 0 Å². The molecule has 1 aromatic heterocycles. The van der Waals surface area contributed by atoms with Crippen LogP contribution in [0.15, 0.2) is 54.7 Å². The molecule has 1 heterocycles. The number of nitrogens with one attached hydrogen (secondary N) is 1. The van der Waals surface area contributed by atoms with E-state index in [1.165, 1.54) is 0 Å². The second kappa shape index (κ2) is 12.2. The first-order valence-electron chi connectivity index (χ1n) is 10.8. The summed E-state index contributed by atoms with van der Waals surface area (Å²) in [5.41, 5.74) is 3.98. The van der Waals surface area contributed by atoms with E-state index in [4.69, 9.17) is 9.84 Å². The predicted molar refractivity (Wildman–Crippen MR) is 129 cm³/mol. The molecule has 2 aromatic carbocycles. The number of nitrogens with zero attached hydrogens (tertiary/aromatic N) is 3. The molecule has 2 N–H and O–H groups in total. The molecule has 33 heavy (non-hydrogen) atoms. The van der Waals surface area contributed by atoms with Crippen LogP contribution in [0.4, 0.5) is 0 Å². The third-order valence-corrected chi connectivity index (χ3v) is 5.82. The fourth-order valence-electron chi connectivity index (χ4n) is 3.18. The summed E-state index contributed by atoms with van der Waals surface area (Å²) in [6.45, 7) is 4.92. The molecule has 172 valence electrons. The van der Waals surface area contributed by atoms with Crippen molar-refractivity contribution in [3.63, 3.8) is 0 Å². The Morgan fingerprint density at radius 3 is 2.76 bits per heavy atom. The predicted octanol–water partition coefficient (Wildman–Crippen LogP) is 3.39. The van der Waals surface area contributed by atoms with E-state index in [1.807, 2.05) is 42.5 Å². The molecule has 1 atom stereocenters. The molecule has 3 aromatic rings. The lowest BCUT2D eigenvalue weighted by Crippen LogP contribution is -2.22. The van der Waals surface area contributed by atoms with Crippen molar-refractivity contribution in [1.29, 1.82) is 5.26 Å². The first kappa shape index (κ1) is 24.5. The van der Waals surface area contributed by atoms with Gasteiger partial charge in [-0.15, -0.1) is 0 Å². The van der Waals surface area contributed by atoms with Crippen LogP contribution in [0.1, 0.15) is 36.4 Å². The van der Waals surface area contributed by atoms with Crippen LogP contribution in [0.25, 0.3) is 11.3 Å². The van der Waals surface area contributed by atoms with Crippen molar-refractivity contribution in [2.24, 2.45) is 5.92 Å². The van der Waals surface area contributed by atoms with Gasteiger partial charge in [0.2, 0.25) is 0 Å². The Morgan fingerprint density at radius 2 is 2.00 bits per heavy atom. The fraction of sp³-hybridized carbons (Fsp3) is 0.320. The number of aliphatic hydroxyl groups excluding tert-OH is 1. The summed E-state index contributed by atoms with van der Waals surface area (Å²) < 4.78 is 20.5. The minimum atomic E-state index is -1.24. The number of aromatic nitrogens is 2. The standard InChI is InChI=1S/C25H28N4O3S/c1-18(2)16-32-24-7-6-21(14-22(24)15-26)23-8-9-27-25(29-23)13-19-4-3-5-20(12-19)17-33(31)28-10-11-30/h3-9,12,14,18,28,30H,10-11,13,16-17H2,1-2H3. The van der Waals surface area contributed by atoms with Gasteiger partial charge in [0.1, 0.15) is 17.6 Å². The second-order valence-corrected chi connectivity index (χ2v) is 9.26. The lowest BCUT2D eigenvalue weighted by molar-refractivity contribution is 0.270. The summed E-state index contributed by atoms with van der Waals surface area (Å²) in [7, 11) is -1.24. The Kier molecular flexibility index (Phi) is 9.07. The summed E-state index contributed by atoms with van der Waals surface area (Å²) in [6, 6.07) is 17.3. The molecule has 0 saturated carbocycles. The van der Waals surface area contributed by atoms with Crippen LogP contribution in [-0.2, 0) is 23.2 Å². The Balaban J connectivity index is 1.75. The molecule has 3 rings (SSSR count). The van der Waals surface area contributed by atoms with Gasteiger partial charge in [0.05, 0.1) is 41.2 Å². The summed E-state index contributed by atoms with van der Waals surface area (Å²) in [5, 5.41) is 18.4. The molecule has 1 unspecified atom stereocenters. The smallest absolute Gasteiger partial charge is 0.137 e. The van der Waals surface area contributed by atoms with Crippen LogP contribution in [0.2, 0.25) is 0 Å². The largest absolute Gasteiger partial charge is 0.492 e. The summed E-state index contributed by atoms with van der Waals surface area (Å²) >= 11 is 0. The van der Waals surface area contributed by atoms with E-state index in [9.17, 15) is 9.47 Å². The lowest BCUT2D eigenvalue weighted by atomic mass is 10.1. The van der Waals surface area contributed by atoms with Crippen LogP contribution in [-0.4, -0.2) is 39.0 Å². The fourth-order valence-corrected chi connectivity index (χ4v) is 4.08. The maximum absolute atomic E-state index is 12.0. The SMILES string of the molecule is CC(C)COc1ccc(-c2ccnc(Cc3cccc(CS(=O)NCCO)c3)n2)cc1C#N. The Bertz CT molecular complexity index is 1140. The van der Waals surface area contributed by atoms with Gasteiger partial charge in [-0.25, -0.2) is 18.9 Å². The van der Waals surface area contributed by atoms with Gasteiger partial charge in [0, 0.05) is 24.7 Å². The van der Waals surface area contributed by atoms with E-state index in [0.29, 0.717) is 48.4 Å². The van der Waals surface area contributed by atoms with E-state index in [1.54, 1.807) is 12.3 Å². The van der Waals surface area contributed by atoms with Crippen LogP contribution in [0.3, 0.4) is 0 Å². The highest BCUT2D eigenvalue weighted by molar-refractivity contribution is 7.82. The van der Waals surface area contributed by atoms with Crippen molar-refractivity contribution in [1.82, 2.24) is 14.7 Å². The molecule has 0 amide bonds. The lowest BCUT2D eigenvalue weighted by Gasteiger charge is -2.11. The minimum absolute atomic E-state index is 0.0526. The van der Waals surface area contributed by atoms with Crippen LogP contribution in [0.5, 0.6) is 5.75 Å². The highest BCUT2D eigenvalue weighted by Gasteiger charge is 2.10. The average Bonchev–Trinajstić information content (AvgIpc) is 2.81. The molecule has 8 heteroatoms. The van der Waals surface area contributed by atoms with Crippen molar-refractivity contribution in [2.45, 2.75) is 26.0 Å². The van der Waals surface area contributed by atoms with Crippen LogP contribution < -0.4 is 9.46 Å². The molecule has 0 bridgehead atoms. The Labute approximate surface area is 197 Å². The van der Waals surface area contributed by atoms with E-state index >= 15 is 0 Å². The maximum Gasteiger partial charge on any atom is 0.137 e. The van der Waals surface area contributed by atoms with E-state index in [0.717, 1.165) is 22.4 Å². The number of aliphatic hydroxyl groups is 1. The third-order valence-electron chi connectivity index (χ3n) is 4.70. The quantitative estimate of drug-likeness (QED) is 0.450. The van der Waals surface area contributed by atoms with Gasteiger partial charge < -0.3 is 9.84 Å². The summed E-state index contributed by atoms with van der Waals surface area (Å²) in [5.74, 6) is 1.96. The van der Waals surface area contributed by atoms with Crippen molar-refractivity contribution >= 4 is 11.0 Å². The Morgan fingerprint density at radius 1 is 1.18 bits per heavy atom. The molecular formula is C25H28N4O3S. The molecule has 0 aliphatic rings. The second-order valence-electron chi connectivity index (χ2n) is 7.99. The third kappa shape index (κ3) is 7.46. The zero-order valence-electron chi connectivity index (χ0n) is 18.8. The normalized spacial score (nSPS) is 11.8. The molecule has 0 saturated heterocycles. The number of hydrogen-bond donors (Lipinski definition) is 2. The van der Waals surface area contributed by atoms with Gasteiger partial charge in [-0.1, -0.05) is 38.1 Å². The molecule has 0 aliphatic heterocycles. The minimum Gasteiger partial charge on any atom is -0.492 e. The van der Waals surface area contributed by atoms with Gasteiger partial charge in [0.15, 0.2) is 0 Å². The van der Waals surface area contributed by atoms with Gasteiger partial charge in [-0.3, -0.25) is 0 Å². The van der Waals surface area contributed by atoms with E-state index < -0.39 is 11.0 Å². The van der Waals surface area contributed by atoms with Gasteiger partial charge in [-0.2, -0.15) is 5.26 Å².